The summed E-state index contributed by atoms with van der Waals surface area (Å²) in [6, 6.07) is 10.7. The summed E-state index contributed by atoms with van der Waals surface area (Å²) in [6.07, 6.45) is 0.766. The molecule has 98 valence electrons. The molecule has 0 fully saturated rings. The first-order valence-electron chi connectivity index (χ1n) is 6.05. The topological polar surface area (TPSA) is 74.8 Å². The molecule has 2 aromatic rings. The van der Waals surface area contributed by atoms with E-state index in [9.17, 15) is 9.59 Å². The summed E-state index contributed by atoms with van der Waals surface area (Å²) in [5.41, 5.74) is 2.30. The first-order valence-corrected chi connectivity index (χ1v) is 6.05. The molecule has 0 unspecified atom stereocenters. The normalized spacial score (nSPS) is 10.2. The van der Waals surface area contributed by atoms with Crippen molar-refractivity contribution in [2.45, 2.75) is 13.3 Å². The first-order chi connectivity index (χ1) is 9.16. The molecule has 1 aromatic carbocycles. The standard InChI is InChI=1S/C14H15N3O2/c1-10-4-2-3-5-11(10)8-9-15-14(19)12-6-7-13(18)17-16-12/h2-7H,8-9H2,1H3,(H,15,19)(H,17,18). The molecule has 0 bridgehead atoms. The highest BCUT2D eigenvalue weighted by Crippen LogP contribution is 2.06. The lowest BCUT2D eigenvalue weighted by Gasteiger charge is -2.06. The molecule has 0 radical (unpaired) electrons. The maximum absolute atomic E-state index is 11.7. The minimum atomic E-state index is -0.323. The fraction of sp³-hybridized carbons (Fsp3) is 0.214. The number of aromatic amines is 1. The Morgan fingerprint density at radius 3 is 2.74 bits per heavy atom. The van der Waals surface area contributed by atoms with E-state index in [1.807, 2.05) is 31.2 Å². The van der Waals surface area contributed by atoms with Gasteiger partial charge in [0.05, 0.1) is 0 Å². The Balaban J connectivity index is 1.89. The van der Waals surface area contributed by atoms with E-state index in [1.165, 1.54) is 23.3 Å². The molecule has 5 heteroatoms. The lowest BCUT2D eigenvalue weighted by Crippen LogP contribution is -2.27. The third-order valence-electron chi connectivity index (χ3n) is 2.85. The van der Waals surface area contributed by atoms with Crippen molar-refractivity contribution in [3.8, 4) is 0 Å². The van der Waals surface area contributed by atoms with Gasteiger partial charge in [-0.1, -0.05) is 24.3 Å². The van der Waals surface area contributed by atoms with Gasteiger partial charge in [0.2, 0.25) is 0 Å². The summed E-state index contributed by atoms with van der Waals surface area (Å²) in [6.45, 7) is 2.57. The third-order valence-corrected chi connectivity index (χ3v) is 2.85. The van der Waals surface area contributed by atoms with Crippen LogP contribution in [0.4, 0.5) is 0 Å². The van der Waals surface area contributed by atoms with Gasteiger partial charge in [-0.25, -0.2) is 5.10 Å². The quantitative estimate of drug-likeness (QED) is 0.859. The first kappa shape index (κ1) is 13.0. The Morgan fingerprint density at radius 2 is 2.05 bits per heavy atom. The Morgan fingerprint density at radius 1 is 1.26 bits per heavy atom. The molecule has 2 rings (SSSR count). The number of aryl methyl sites for hydroxylation is 1. The van der Waals surface area contributed by atoms with Crippen molar-refractivity contribution in [2.24, 2.45) is 0 Å². The zero-order valence-electron chi connectivity index (χ0n) is 10.6. The zero-order valence-corrected chi connectivity index (χ0v) is 10.6. The van der Waals surface area contributed by atoms with Gasteiger partial charge in [-0.2, -0.15) is 5.10 Å². The monoisotopic (exact) mass is 257 g/mol. The van der Waals surface area contributed by atoms with Crippen LogP contribution in [-0.2, 0) is 6.42 Å². The summed E-state index contributed by atoms with van der Waals surface area (Å²) in [5, 5.41) is 8.67. The Labute approximate surface area is 110 Å². The second-order valence-corrected chi connectivity index (χ2v) is 4.24. The molecule has 19 heavy (non-hydrogen) atoms. The molecule has 1 amide bonds. The number of amides is 1. The van der Waals surface area contributed by atoms with Crippen LogP contribution >= 0.6 is 0 Å². The van der Waals surface area contributed by atoms with E-state index < -0.39 is 0 Å². The average molecular weight is 257 g/mol. The van der Waals surface area contributed by atoms with Crippen molar-refractivity contribution in [1.29, 1.82) is 0 Å². The van der Waals surface area contributed by atoms with Gasteiger partial charge in [0.25, 0.3) is 11.5 Å². The SMILES string of the molecule is Cc1ccccc1CCNC(=O)c1ccc(=O)[nH]n1. The summed E-state index contributed by atoms with van der Waals surface area (Å²) < 4.78 is 0. The molecular formula is C14H15N3O2. The molecule has 0 aliphatic heterocycles. The van der Waals surface area contributed by atoms with E-state index in [1.54, 1.807) is 0 Å². The second-order valence-electron chi connectivity index (χ2n) is 4.24. The highest BCUT2D eigenvalue weighted by molar-refractivity contribution is 5.91. The molecule has 0 atom stereocenters. The molecule has 0 spiro atoms. The molecule has 0 aliphatic rings. The minimum Gasteiger partial charge on any atom is -0.350 e. The van der Waals surface area contributed by atoms with Crippen molar-refractivity contribution in [3.05, 3.63) is 63.6 Å². The number of nitrogens with zero attached hydrogens (tertiary/aromatic N) is 1. The Kier molecular flexibility index (Phi) is 4.07. The van der Waals surface area contributed by atoms with Crippen LogP contribution < -0.4 is 10.9 Å². The number of carbonyl (C=O) groups is 1. The minimum absolute atomic E-state index is 0.212. The van der Waals surface area contributed by atoms with E-state index in [2.05, 4.69) is 15.5 Å². The summed E-state index contributed by atoms with van der Waals surface area (Å²) in [7, 11) is 0. The van der Waals surface area contributed by atoms with Gasteiger partial charge in [0, 0.05) is 12.6 Å². The van der Waals surface area contributed by atoms with Crippen molar-refractivity contribution >= 4 is 5.91 Å². The highest BCUT2D eigenvalue weighted by atomic mass is 16.2. The second kappa shape index (κ2) is 5.95. The van der Waals surface area contributed by atoms with Crippen LogP contribution in [0.1, 0.15) is 21.6 Å². The number of rotatable bonds is 4. The largest absolute Gasteiger partial charge is 0.350 e. The molecule has 0 aliphatic carbocycles. The number of hydrogen-bond acceptors (Lipinski definition) is 3. The van der Waals surface area contributed by atoms with Crippen LogP contribution in [0.15, 0.2) is 41.2 Å². The summed E-state index contributed by atoms with van der Waals surface area (Å²) in [4.78, 5) is 22.6. The summed E-state index contributed by atoms with van der Waals surface area (Å²) in [5.74, 6) is -0.287. The lowest BCUT2D eigenvalue weighted by molar-refractivity contribution is 0.0948. The highest BCUT2D eigenvalue weighted by Gasteiger charge is 2.06. The molecule has 5 nitrogen and oxygen atoms in total. The van der Waals surface area contributed by atoms with E-state index in [0.717, 1.165) is 6.42 Å². The van der Waals surface area contributed by atoms with Crippen molar-refractivity contribution in [2.75, 3.05) is 6.54 Å². The number of aromatic nitrogens is 2. The van der Waals surface area contributed by atoms with Crippen LogP contribution in [0.25, 0.3) is 0 Å². The van der Waals surface area contributed by atoms with Crippen molar-refractivity contribution < 1.29 is 4.79 Å². The smallest absolute Gasteiger partial charge is 0.271 e. The number of carbonyl (C=O) groups excluding carboxylic acids is 1. The number of H-pyrrole nitrogens is 1. The van der Waals surface area contributed by atoms with Crippen LogP contribution in [0.5, 0.6) is 0 Å². The molecule has 1 heterocycles. The van der Waals surface area contributed by atoms with E-state index >= 15 is 0 Å². The van der Waals surface area contributed by atoms with Crippen LogP contribution in [0, 0.1) is 6.92 Å². The predicted molar refractivity (Wildman–Crippen MR) is 72.1 cm³/mol. The zero-order chi connectivity index (χ0) is 13.7. The van der Waals surface area contributed by atoms with Crippen LogP contribution in [0.3, 0.4) is 0 Å². The van der Waals surface area contributed by atoms with Gasteiger partial charge in [-0.3, -0.25) is 9.59 Å². The fourth-order valence-electron chi connectivity index (χ4n) is 1.76. The van der Waals surface area contributed by atoms with Crippen molar-refractivity contribution in [1.82, 2.24) is 15.5 Å². The molecule has 1 aromatic heterocycles. The van der Waals surface area contributed by atoms with E-state index in [-0.39, 0.29) is 17.2 Å². The number of benzene rings is 1. The van der Waals surface area contributed by atoms with Crippen LogP contribution in [-0.4, -0.2) is 22.6 Å². The molecule has 0 saturated carbocycles. The maximum atomic E-state index is 11.7. The summed E-state index contributed by atoms with van der Waals surface area (Å²) >= 11 is 0. The predicted octanol–water partition coefficient (Wildman–Crippen LogP) is 1.05. The fourth-order valence-corrected chi connectivity index (χ4v) is 1.76. The lowest BCUT2D eigenvalue weighted by atomic mass is 10.1. The van der Waals surface area contributed by atoms with Gasteiger partial charge < -0.3 is 5.32 Å². The van der Waals surface area contributed by atoms with E-state index in [4.69, 9.17) is 0 Å². The Bertz CT molecular complexity index is 614. The number of hydrogen-bond donors (Lipinski definition) is 2. The molecular weight excluding hydrogens is 242 g/mol. The third kappa shape index (κ3) is 3.51. The average Bonchev–Trinajstić information content (AvgIpc) is 2.41. The van der Waals surface area contributed by atoms with Gasteiger partial charge in [0.1, 0.15) is 5.69 Å². The molecule has 2 N–H and O–H groups in total. The Hall–Kier alpha value is -2.43. The molecule has 0 saturated heterocycles. The van der Waals surface area contributed by atoms with Crippen molar-refractivity contribution in [3.63, 3.8) is 0 Å². The van der Waals surface area contributed by atoms with Gasteiger partial charge >= 0.3 is 0 Å². The van der Waals surface area contributed by atoms with E-state index in [0.29, 0.717) is 6.54 Å². The maximum Gasteiger partial charge on any atom is 0.271 e. The number of nitrogens with one attached hydrogen (secondary N) is 2. The van der Waals surface area contributed by atoms with Crippen LogP contribution in [0.2, 0.25) is 0 Å². The van der Waals surface area contributed by atoms with Gasteiger partial charge in [-0.05, 0) is 30.5 Å². The van der Waals surface area contributed by atoms with Gasteiger partial charge in [-0.15, -0.1) is 0 Å². The van der Waals surface area contributed by atoms with Gasteiger partial charge in [0.15, 0.2) is 0 Å².